The molecule has 31 heavy (non-hydrogen) atoms. The topological polar surface area (TPSA) is 9.23 Å². The Kier molecular flexibility index (Phi) is 8.90. The summed E-state index contributed by atoms with van der Waals surface area (Å²) in [5, 5.41) is 0. The van der Waals surface area contributed by atoms with Crippen LogP contribution in [0.5, 0.6) is 5.75 Å². The number of alkyl halides is 6. The highest BCUT2D eigenvalue weighted by Crippen LogP contribution is 2.48. The zero-order valence-electron chi connectivity index (χ0n) is 18.4. The van der Waals surface area contributed by atoms with Crippen LogP contribution in [0.15, 0.2) is 12.1 Å². The van der Waals surface area contributed by atoms with E-state index in [1.54, 1.807) is 6.08 Å². The van der Waals surface area contributed by atoms with Crippen LogP contribution in [0.3, 0.4) is 0 Å². The van der Waals surface area contributed by atoms with Crippen LogP contribution in [-0.4, -0.2) is 6.61 Å². The van der Waals surface area contributed by atoms with Gasteiger partial charge in [0.05, 0.1) is 12.2 Å². The van der Waals surface area contributed by atoms with Gasteiger partial charge in [0.15, 0.2) is 0 Å². The van der Waals surface area contributed by atoms with Crippen molar-refractivity contribution >= 4 is 6.08 Å². The Morgan fingerprint density at radius 1 is 0.935 bits per heavy atom. The maximum absolute atomic E-state index is 13.8. The standard InChI is InChI=1S/C24H32F6O/c1-4-6-7-8-17-9-11-18(12-10-17)13-14-19-16(3)15-20(31-5-2)22(24(28,29)30)21(19)23(25,26)27/h13-15,17-18H,4-12H2,1-3H3. The van der Waals surface area contributed by atoms with Crippen molar-refractivity contribution in [3.8, 4) is 5.75 Å². The Morgan fingerprint density at radius 3 is 2.06 bits per heavy atom. The summed E-state index contributed by atoms with van der Waals surface area (Å²) in [4.78, 5) is 0. The normalized spacial score (nSPS) is 20.4. The van der Waals surface area contributed by atoms with Gasteiger partial charge in [-0.15, -0.1) is 0 Å². The van der Waals surface area contributed by atoms with E-state index in [1.807, 2.05) is 0 Å². The SMILES string of the molecule is CCCCCC1CCC(C=Cc2c(C)cc(OCC)c(C(F)(F)F)c2C(F)(F)F)CC1. The molecule has 0 unspecified atom stereocenters. The number of ether oxygens (including phenoxy) is 1. The summed E-state index contributed by atoms with van der Waals surface area (Å²) >= 11 is 0. The van der Waals surface area contributed by atoms with E-state index in [4.69, 9.17) is 4.74 Å². The molecule has 1 aliphatic rings. The average molecular weight is 451 g/mol. The number of unbranched alkanes of at least 4 members (excludes halogenated alkanes) is 2. The minimum atomic E-state index is -5.18. The lowest BCUT2D eigenvalue weighted by Crippen LogP contribution is -2.20. The van der Waals surface area contributed by atoms with E-state index < -0.39 is 34.8 Å². The van der Waals surface area contributed by atoms with Gasteiger partial charge in [-0.25, -0.2) is 0 Å². The molecule has 1 aromatic rings. The van der Waals surface area contributed by atoms with Crippen molar-refractivity contribution in [1.29, 1.82) is 0 Å². The molecule has 0 atom stereocenters. The van der Waals surface area contributed by atoms with Gasteiger partial charge in [0.25, 0.3) is 0 Å². The van der Waals surface area contributed by atoms with Gasteiger partial charge in [-0.05, 0) is 68.6 Å². The second-order valence-corrected chi connectivity index (χ2v) is 8.42. The molecular formula is C24H32F6O. The first-order chi connectivity index (χ1) is 14.5. The van der Waals surface area contributed by atoms with E-state index in [-0.39, 0.29) is 18.1 Å². The first kappa shape index (κ1) is 25.6. The monoisotopic (exact) mass is 450 g/mol. The predicted molar refractivity (Wildman–Crippen MR) is 111 cm³/mol. The fourth-order valence-electron chi connectivity index (χ4n) is 4.45. The molecule has 1 nitrogen and oxygen atoms in total. The fraction of sp³-hybridized carbons (Fsp3) is 0.667. The summed E-state index contributed by atoms with van der Waals surface area (Å²) in [6, 6.07) is 1.06. The van der Waals surface area contributed by atoms with Crippen molar-refractivity contribution in [1.82, 2.24) is 0 Å². The maximum Gasteiger partial charge on any atom is 0.420 e. The molecule has 7 heteroatoms. The van der Waals surface area contributed by atoms with Crippen molar-refractivity contribution in [3.05, 3.63) is 34.4 Å². The number of hydrogen-bond acceptors (Lipinski definition) is 1. The molecule has 1 saturated carbocycles. The largest absolute Gasteiger partial charge is 0.493 e. The van der Waals surface area contributed by atoms with Crippen molar-refractivity contribution in [2.75, 3.05) is 6.61 Å². The second-order valence-electron chi connectivity index (χ2n) is 8.42. The Bertz CT molecular complexity index is 740. The molecule has 0 saturated heterocycles. The van der Waals surface area contributed by atoms with E-state index in [0.29, 0.717) is 5.92 Å². The number of aryl methyl sites for hydroxylation is 1. The van der Waals surface area contributed by atoms with Gasteiger partial charge in [-0.1, -0.05) is 44.8 Å². The van der Waals surface area contributed by atoms with Crippen LogP contribution in [0.25, 0.3) is 6.08 Å². The lowest BCUT2D eigenvalue weighted by Gasteiger charge is -2.27. The number of hydrogen-bond donors (Lipinski definition) is 0. The third kappa shape index (κ3) is 6.91. The van der Waals surface area contributed by atoms with Crippen molar-refractivity contribution in [2.45, 2.75) is 84.5 Å². The molecule has 0 aliphatic heterocycles. The van der Waals surface area contributed by atoms with Crippen LogP contribution < -0.4 is 4.74 Å². The van der Waals surface area contributed by atoms with Crippen LogP contribution in [0.2, 0.25) is 0 Å². The van der Waals surface area contributed by atoms with Crippen molar-refractivity contribution < 1.29 is 31.1 Å². The first-order valence-electron chi connectivity index (χ1n) is 11.1. The molecule has 0 N–H and O–H groups in total. The van der Waals surface area contributed by atoms with Gasteiger partial charge in [0.2, 0.25) is 0 Å². The molecule has 0 bridgehead atoms. The molecule has 1 fully saturated rings. The highest BCUT2D eigenvalue weighted by molar-refractivity contribution is 5.65. The Morgan fingerprint density at radius 2 is 1.55 bits per heavy atom. The van der Waals surface area contributed by atoms with E-state index >= 15 is 0 Å². The predicted octanol–water partition coefficient (Wildman–Crippen LogP) is 8.83. The Hall–Kier alpha value is -1.66. The fourth-order valence-corrected chi connectivity index (χ4v) is 4.45. The van der Waals surface area contributed by atoms with Crippen LogP contribution in [0, 0.1) is 18.8 Å². The van der Waals surface area contributed by atoms with Gasteiger partial charge in [0.1, 0.15) is 11.3 Å². The zero-order chi connectivity index (χ0) is 23.2. The van der Waals surface area contributed by atoms with E-state index in [1.165, 1.54) is 45.6 Å². The summed E-state index contributed by atoms with van der Waals surface area (Å²) in [7, 11) is 0. The molecule has 2 rings (SSSR count). The maximum atomic E-state index is 13.8. The van der Waals surface area contributed by atoms with Gasteiger partial charge in [-0.3, -0.25) is 0 Å². The van der Waals surface area contributed by atoms with Gasteiger partial charge in [0, 0.05) is 0 Å². The zero-order valence-corrected chi connectivity index (χ0v) is 18.4. The molecule has 1 aliphatic carbocycles. The molecule has 0 radical (unpaired) electrons. The quantitative estimate of drug-likeness (QED) is 0.284. The third-order valence-corrected chi connectivity index (χ3v) is 6.05. The number of rotatable bonds is 8. The minimum absolute atomic E-state index is 0.0869. The van der Waals surface area contributed by atoms with Crippen LogP contribution >= 0.6 is 0 Å². The minimum Gasteiger partial charge on any atom is -0.493 e. The summed E-state index contributed by atoms with van der Waals surface area (Å²) in [5.41, 5.74) is -3.71. The van der Waals surface area contributed by atoms with Crippen LogP contribution in [0.1, 0.15) is 87.5 Å². The van der Waals surface area contributed by atoms with E-state index in [2.05, 4.69) is 6.92 Å². The lowest BCUT2D eigenvalue weighted by molar-refractivity contribution is -0.163. The van der Waals surface area contributed by atoms with Crippen LogP contribution in [-0.2, 0) is 12.4 Å². The summed E-state index contributed by atoms with van der Waals surface area (Å²) < 4.78 is 87.3. The molecule has 176 valence electrons. The Balaban J connectivity index is 2.32. The number of halogens is 6. The van der Waals surface area contributed by atoms with Gasteiger partial charge >= 0.3 is 12.4 Å². The first-order valence-corrected chi connectivity index (χ1v) is 11.1. The molecule has 1 aromatic carbocycles. The van der Waals surface area contributed by atoms with Crippen molar-refractivity contribution in [3.63, 3.8) is 0 Å². The van der Waals surface area contributed by atoms with E-state index in [9.17, 15) is 26.3 Å². The van der Waals surface area contributed by atoms with E-state index in [0.717, 1.165) is 31.7 Å². The number of allylic oxidation sites excluding steroid dienone is 1. The molecule has 0 spiro atoms. The molecule has 0 amide bonds. The highest BCUT2D eigenvalue weighted by Gasteiger charge is 2.47. The average Bonchev–Trinajstić information content (AvgIpc) is 2.66. The lowest BCUT2D eigenvalue weighted by atomic mass is 9.79. The van der Waals surface area contributed by atoms with Gasteiger partial charge < -0.3 is 4.74 Å². The molecule has 0 heterocycles. The highest BCUT2D eigenvalue weighted by atomic mass is 19.4. The van der Waals surface area contributed by atoms with Crippen molar-refractivity contribution in [2.24, 2.45) is 11.8 Å². The summed E-state index contributed by atoms with van der Waals surface area (Å²) in [6.07, 6.45) is 1.07. The smallest absolute Gasteiger partial charge is 0.420 e. The van der Waals surface area contributed by atoms with Gasteiger partial charge in [-0.2, -0.15) is 26.3 Å². The summed E-state index contributed by atoms with van der Waals surface area (Å²) in [6.45, 7) is 4.83. The second kappa shape index (κ2) is 10.8. The molecule has 0 aromatic heterocycles. The third-order valence-electron chi connectivity index (χ3n) is 6.05. The van der Waals surface area contributed by atoms with Crippen LogP contribution in [0.4, 0.5) is 26.3 Å². The molecular weight excluding hydrogens is 418 g/mol. The number of benzene rings is 1. The Labute approximate surface area is 180 Å². The summed E-state index contributed by atoms with van der Waals surface area (Å²) in [5.74, 6) is -0.0423.